The predicted molar refractivity (Wildman–Crippen MR) is 107 cm³/mol. The van der Waals surface area contributed by atoms with Crippen molar-refractivity contribution in [2.45, 2.75) is 12.3 Å². The molecule has 2 nitrogen and oxygen atoms in total. The molecule has 1 aliphatic rings. The van der Waals surface area contributed by atoms with Gasteiger partial charge in [0.05, 0.1) is 22.4 Å². The molecule has 0 aliphatic heterocycles. The minimum atomic E-state index is 0.225. The molecule has 0 radical (unpaired) electrons. The van der Waals surface area contributed by atoms with E-state index in [1.54, 1.807) is 0 Å². The van der Waals surface area contributed by atoms with E-state index in [-0.39, 0.29) is 5.92 Å². The fraction of sp³-hybridized carbons (Fsp3) is 0.0833. The first kappa shape index (κ1) is 15.0. The Bertz CT molecular complexity index is 1110. The molecule has 1 unspecified atom stereocenters. The van der Waals surface area contributed by atoms with Crippen molar-refractivity contribution in [1.29, 1.82) is 0 Å². The number of fused-ring (bicyclic) bond motifs is 2. The summed E-state index contributed by atoms with van der Waals surface area (Å²) >= 11 is 0. The van der Waals surface area contributed by atoms with Gasteiger partial charge in [-0.25, -0.2) is 9.97 Å². The van der Waals surface area contributed by atoms with Crippen LogP contribution in [0.4, 0.5) is 0 Å². The van der Waals surface area contributed by atoms with Crippen molar-refractivity contribution < 1.29 is 0 Å². The van der Waals surface area contributed by atoms with Crippen molar-refractivity contribution in [2.75, 3.05) is 0 Å². The fourth-order valence-electron chi connectivity index (χ4n) is 3.79. The van der Waals surface area contributed by atoms with Crippen LogP contribution in [-0.2, 0) is 0 Å². The van der Waals surface area contributed by atoms with E-state index < -0.39 is 0 Å². The monoisotopic (exact) mass is 334 g/mol. The highest BCUT2D eigenvalue weighted by atomic mass is 14.8. The molecular formula is C24H18N2. The number of allylic oxidation sites excluding steroid dienone is 1. The Kier molecular flexibility index (Phi) is 3.60. The topological polar surface area (TPSA) is 25.8 Å². The van der Waals surface area contributed by atoms with Crippen molar-refractivity contribution in [3.63, 3.8) is 0 Å². The maximum Gasteiger partial charge on any atom is 0.0894 e. The first-order valence-corrected chi connectivity index (χ1v) is 8.98. The SMILES string of the molecule is C1=Cc2nc3ccccc3nc2C(c2ccccc2-c2ccccc2)C1. The highest BCUT2D eigenvalue weighted by molar-refractivity contribution is 5.77. The third-order valence-electron chi connectivity index (χ3n) is 5.02. The van der Waals surface area contributed by atoms with Crippen LogP contribution in [0.1, 0.15) is 29.3 Å². The average Bonchev–Trinajstić information content (AvgIpc) is 2.72. The third-order valence-corrected chi connectivity index (χ3v) is 5.02. The fourth-order valence-corrected chi connectivity index (χ4v) is 3.79. The van der Waals surface area contributed by atoms with Crippen molar-refractivity contribution in [3.8, 4) is 11.1 Å². The summed E-state index contributed by atoms with van der Waals surface area (Å²) in [6, 6.07) is 27.3. The second kappa shape index (κ2) is 6.23. The van der Waals surface area contributed by atoms with Gasteiger partial charge in [0.2, 0.25) is 0 Å². The van der Waals surface area contributed by atoms with E-state index in [1.165, 1.54) is 16.7 Å². The van der Waals surface area contributed by atoms with E-state index in [0.29, 0.717) is 0 Å². The third kappa shape index (κ3) is 2.51. The van der Waals surface area contributed by atoms with Crippen molar-refractivity contribution >= 4 is 17.1 Å². The van der Waals surface area contributed by atoms with Crippen LogP contribution in [0.2, 0.25) is 0 Å². The smallest absolute Gasteiger partial charge is 0.0894 e. The molecule has 124 valence electrons. The molecule has 1 heterocycles. The number of hydrogen-bond donors (Lipinski definition) is 0. The summed E-state index contributed by atoms with van der Waals surface area (Å²) < 4.78 is 0. The summed E-state index contributed by atoms with van der Waals surface area (Å²) in [6.45, 7) is 0. The Balaban J connectivity index is 1.70. The minimum absolute atomic E-state index is 0.225. The highest BCUT2D eigenvalue weighted by Crippen LogP contribution is 2.38. The van der Waals surface area contributed by atoms with Crippen molar-refractivity contribution in [1.82, 2.24) is 9.97 Å². The molecule has 0 saturated heterocycles. The molecule has 0 bridgehead atoms. The molecule has 0 amide bonds. The minimum Gasteiger partial charge on any atom is -0.248 e. The number of benzene rings is 3. The Morgan fingerprint density at radius 1 is 0.692 bits per heavy atom. The zero-order chi connectivity index (χ0) is 17.3. The van der Waals surface area contributed by atoms with Gasteiger partial charge in [-0.3, -0.25) is 0 Å². The Morgan fingerprint density at radius 3 is 2.23 bits per heavy atom. The zero-order valence-electron chi connectivity index (χ0n) is 14.3. The number of aromatic nitrogens is 2. The lowest BCUT2D eigenvalue weighted by Gasteiger charge is -2.23. The van der Waals surface area contributed by atoms with E-state index in [9.17, 15) is 0 Å². The summed E-state index contributed by atoms with van der Waals surface area (Å²) in [7, 11) is 0. The lowest BCUT2D eigenvalue weighted by Crippen LogP contribution is -2.11. The van der Waals surface area contributed by atoms with Crippen LogP contribution in [0.3, 0.4) is 0 Å². The van der Waals surface area contributed by atoms with Gasteiger partial charge in [0.1, 0.15) is 0 Å². The molecule has 0 N–H and O–H groups in total. The van der Waals surface area contributed by atoms with Crippen LogP contribution >= 0.6 is 0 Å². The van der Waals surface area contributed by atoms with Crippen molar-refractivity contribution in [2.24, 2.45) is 0 Å². The maximum absolute atomic E-state index is 4.99. The van der Waals surface area contributed by atoms with Crippen LogP contribution in [0.5, 0.6) is 0 Å². The standard InChI is InChI=1S/C24H18N2/c1-2-9-17(10-3-1)18-11-4-5-12-19(18)20-13-8-16-23-24(20)26-22-15-7-6-14-21(22)25-23/h1-12,14-16,20H,13H2. The Hall–Kier alpha value is -3.26. The predicted octanol–water partition coefficient (Wildman–Crippen LogP) is 5.85. The van der Waals surface area contributed by atoms with Gasteiger partial charge >= 0.3 is 0 Å². The van der Waals surface area contributed by atoms with Gasteiger partial charge in [-0.2, -0.15) is 0 Å². The summed E-state index contributed by atoms with van der Waals surface area (Å²) in [5.41, 5.74) is 7.81. The average molecular weight is 334 g/mol. The van der Waals surface area contributed by atoms with Crippen LogP contribution < -0.4 is 0 Å². The number of nitrogens with zero attached hydrogens (tertiary/aromatic N) is 2. The summed E-state index contributed by atoms with van der Waals surface area (Å²) in [4.78, 5) is 9.84. The van der Waals surface area contributed by atoms with Gasteiger partial charge in [0.15, 0.2) is 0 Å². The second-order valence-electron chi connectivity index (χ2n) is 6.63. The zero-order valence-corrected chi connectivity index (χ0v) is 14.3. The van der Waals surface area contributed by atoms with Crippen LogP contribution in [0.25, 0.3) is 28.2 Å². The molecule has 26 heavy (non-hydrogen) atoms. The van der Waals surface area contributed by atoms with Crippen LogP contribution in [0, 0.1) is 0 Å². The first-order valence-electron chi connectivity index (χ1n) is 8.98. The molecule has 0 spiro atoms. The molecule has 5 rings (SSSR count). The second-order valence-corrected chi connectivity index (χ2v) is 6.63. The van der Waals surface area contributed by atoms with E-state index in [4.69, 9.17) is 9.97 Å². The van der Waals surface area contributed by atoms with Crippen LogP contribution in [0.15, 0.2) is 84.9 Å². The summed E-state index contributed by atoms with van der Waals surface area (Å²) in [6.07, 6.45) is 5.28. The quantitative estimate of drug-likeness (QED) is 0.460. The van der Waals surface area contributed by atoms with Gasteiger partial charge in [-0.05, 0) is 41.3 Å². The summed E-state index contributed by atoms with van der Waals surface area (Å²) in [5.74, 6) is 0.225. The molecule has 1 atom stereocenters. The van der Waals surface area contributed by atoms with Gasteiger partial charge in [0.25, 0.3) is 0 Å². The number of para-hydroxylation sites is 2. The van der Waals surface area contributed by atoms with Gasteiger partial charge in [-0.15, -0.1) is 0 Å². The molecule has 2 heteroatoms. The Morgan fingerprint density at radius 2 is 1.38 bits per heavy atom. The Labute approximate surface area is 152 Å². The van der Waals surface area contributed by atoms with Crippen LogP contribution in [-0.4, -0.2) is 9.97 Å². The lowest BCUT2D eigenvalue weighted by molar-refractivity contribution is 0.782. The molecule has 1 aromatic heterocycles. The van der Waals surface area contributed by atoms with E-state index >= 15 is 0 Å². The maximum atomic E-state index is 4.99. The van der Waals surface area contributed by atoms with E-state index in [0.717, 1.165) is 28.8 Å². The number of rotatable bonds is 2. The molecule has 0 saturated carbocycles. The van der Waals surface area contributed by atoms with E-state index in [1.807, 2.05) is 24.3 Å². The van der Waals surface area contributed by atoms with E-state index in [2.05, 4.69) is 66.7 Å². The van der Waals surface area contributed by atoms with Gasteiger partial charge in [-0.1, -0.05) is 72.8 Å². The van der Waals surface area contributed by atoms with Gasteiger partial charge < -0.3 is 0 Å². The normalized spacial score (nSPS) is 15.8. The molecule has 3 aromatic carbocycles. The first-order chi connectivity index (χ1) is 12.9. The van der Waals surface area contributed by atoms with Gasteiger partial charge in [0, 0.05) is 5.92 Å². The summed E-state index contributed by atoms with van der Waals surface area (Å²) in [5, 5.41) is 0. The molecule has 4 aromatic rings. The lowest BCUT2D eigenvalue weighted by atomic mass is 9.83. The molecular weight excluding hydrogens is 316 g/mol. The molecule has 1 aliphatic carbocycles. The largest absolute Gasteiger partial charge is 0.248 e. The number of hydrogen-bond acceptors (Lipinski definition) is 2. The highest BCUT2D eigenvalue weighted by Gasteiger charge is 2.24. The van der Waals surface area contributed by atoms with Crippen molar-refractivity contribution in [3.05, 3.63) is 102 Å². The molecule has 0 fully saturated rings.